The predicted octanol–water partition coefficient (Wildman–Crippen LogP) is 3.49. The molecule has 2 rings (SSSR count). The number of nitrogens with one attached hydrogen (secondary N) is 2. The van der Waals surface area contributed by atoms with E-state index in [2.05, 4.69) is 15.6 Å². The Hall–Kier alpha value is -1.08. The van der Waals surface area contributed by atoms with Crippen LogP contribution in [0.2, 0.25) is 0 Å². The molecule has 1 heterocycles. The molecule has 0 aliphatic carbocycles. The van der Waals surface area contributed by atoms with Gasteiger partial charge in [-0.2, -0.15) is 17.5 Å². The van der Waals surface area contributed by atoms with Gasteiger partial charge in [-0.3, -0.25) is 0 Å². The van der Waals surface area contributed by atoms with Crippen LogP contribution in [0.15, 0.2) is 34.2 Å². The van der Waals surface area contributed by atoms with Gasteiger partial charge in [-0.25, -0.2) is 13.4 Å². The summed E-state index contributed by atoms with van der Waals surface area (Å²) in [6, 6.07) is 6.54. The minimum Gasteiger partial charge on any atom is -0.357 e. The summed E-state index contributed by atoms with van der Waals surface area (Å²) >= 11 is 0. The molecule has 1 aromatic carbocycles. The molecule has 0 saturated carbocycles. The number of hydrogen-bond acceptors (Lipinski definition) is 3. The van der Waals surface area contributed by atoms with Crippen molar-refractivity contribution in [3.05, 3.63) is 29.8 Å². The summed E-state index contributed by atoms with van der Waals surface area (Å²) in [6.07, 6.45) is -2.44. The molecule has 0 aromatic heterocycles. The van der Waals surface area contributed by atoms with E-state index in [1.165, 1.54) is 4.31 Å². The number of sulfonamides is 1. The summed E-state index contributed by atoms with van der Waals surface area (Å²) < 4.78 is 63.9. The lowest BCUT2D eigenvalue weighted by atomic mass is 10.2. The normalized spacial score (nSPS) is 16.2. The highest BCUT2D eigenvalue weighted by Gasteiger charge is 2.27. The van der Waals surface area contributed by atoms with Crippen LogP contribution in [-0.2, 0) is 16.6 Å². The molecule has 0 radical (unpaired) electrons. The number of rotatable bonds is 7. The molecule has 0 bridgehead atoms. The zero-order valence-corrected chi connectivity index (χ0v) is 19.5. The standard InChI is InChI=1S/C18H27F3N4O2S.HI/c1-2-22-17(23-10-9-18(19,20)21)24-14-15-7-6-8-16(13-15)28(26,27)25-11-4-3-5-12-25;/h6-8,13H,2-5,9-12,14H2,1H3,(H2,22,23,24);1H. The number of alkyl halides is 3. The average molecular weight is 548 g/mol. The number of halogens is 4. The maximum atomic E-state index is 12.8. The lowest BCUT2D eigenvalue weighted by Gasteiger charge is -2.26. The number of piperidine rings is 1. The van der Waals surface area contributed by atoms with E-state index in [1.54, 1.807) is 24.3 Å². The second-order valence-electron chi connectivity index (χ2n) is 6.60. The Morgan fingerprint density at radius 1 is 1.17 bits per heavy atom. The Morgan fingerprint density at radius 3 is 2.48 bits per heavy atom. The maximum absolute atomic E-state index is 12.8. The fraction of sp³-hybridized carbons (Fsp3) is 0.611. The molecule has 1 aromatic rings. The van der Waals surface area contributed by atoms with Crippen LogP contribution in [0.1, 0.15) is 38.2 Å². The van der Waals surface area contributed by atoms with Gasteiger partial charge in [0.2, 0.25) is 10.0 Å². The van der Waals surface area contributed by atoms with Gasteiger partial charge in [0.15, 0.2) is 5.96 Å². The number of aliphatic imine (C=N–C) groups is 1. The van der Waals surface area contributed by atoms with Crippen molar-refractivity contribution in [2.45, 2.75) is 50.2 Å². The Balaban J connectivity index is 0.00000420. The van der Waals surface area contributed by atoms with E-state index in [9.17, 15) is 21.6 Å². The molecule has 0 unspecified atom stereocenters. The summed E-state index contributed by atoms with van der Waals surface area (Å²) in [6.45, 7) is 3.24. The molecular formula is C18H28F3IN4O2S. The highest BCUT2D eigenvalue weighted by molar-refractivity contribution is 14.0. The summed E-state index contributed by atoms with van der Waals surface area (Å²) in [5.41, 5.74) is 0.672. The van der Waals surface area contributed by atoms with Crippen molar-refractivity contribution in [3.8, 4) is 0 Å². The number of guanidine groups is 1. The van der Waals surface area contributed by atoms with Crippen molar-refractivity contribution >= 4 is 40.0 Å². The molecule has 166 valence electrons. The topological polar surface area (TPSA) is 73.8 Å². The van der Waals surface area contributed by atoms with Gasteiger partial charge >= 0.3 is 6.18 Å². The fourth-order valence-electron chi connectivity index (χ4n) is 2.89. The largest absolute Gasteiger partial charge is 0.390 e. The van der Waals surface area contributed by atoms with Gasteiger partial charge in [0.25, 0.3) is 0 Å². The monoisotopic (exact) mass is 548 g/mol. The summed E-state index contributed by atoms with van der Waals surface area (Å²) in [5, 5.41) is 5.52. The van der Waals surface area contributed by atoms with Crippen molar-refractivity contribution in [1.82, 2.24) is 14.9 Å². The van der Waals surface area contributed by atoms with Gasteiger partial charge in [0.05, 0.1) is 17.9 Å². The van der Waals surface area contributed by atoms with Crippen molar-refractivity contribution in [2.75, 3.05) is 26.2 Å². The molecular weight excluding hydrogens is 520 g/mol. The molecule has 2 N–H and O–H groups in total. The molecule has 0 atom stereocenters. The summed E-state index contributed by atoms with van der Waals surface area (Å²) in [7, 11) is -3.54. The van der Waals surface area contributed by atoms with Gasteiger partial charge in [0.1, 0.15) is 0 Å². The van der Waals surface area contributed by atoms with Gasteiger partial charge < -0.3 is 10.6 Å². The third-order valence-corrected chi connectivity index (χ3v) is 6.21. The highest BCUT2D eigenvalue weighted by atomic mass is 127. The minimum atomic E-state index is -4.23. The first-order valence-corrected chi connectivity index (χ1v) is 10.8. The van der Waals surface area contributed by atoms with Crippen LogP contribution in [0.3, 0.4) is 0 Å². The molecule has 1 aliphatic rings. The molecule has 11 heteroatoms. The maximum Gasteiger partial charge on any atom is 0.390 e. The van der Waals surface area contributed by atoms with E-state index < -0.39 is 22.6 Å². The SMILES string of the molecule is CCNC(=NCc1cccc(S(=O)(=O)N2CCCCC2)c1)NCCC(F)(F)F.I. The van der Waals surface area contributed by atoms with Crippen LogP contribution in [0.5, 0.6) is 0 Å². The third-order valence-electron chi connectivity index (χ3n) is 4.32. The molecule has 6 nitrogen and oxygen atoms in total. The van der Waals surface area contributed by atoms with E-state index in [0.29, 0.717) is 25.2 Å². The first-order valence-electron chi connectivity index (χ1n) is 9.40. The van der Waals surface area contributed by atoms with Crippen LogP contribution in [-0.4, -0.2) is 51.0 Å². The zero-order valence-electron chi connectivity index (χ0n) is 16.3. The van der Waals surface area contributed by atoms with Crippen molar-refractivity contribution in [3.63, 3.8) is 0 Å². The molecule has 0 amide bonds. The molecule has 29 heavy (non-hydrogen) atoms. The zero-order chi connectivity index (χ0) is 20.6. The second kappa shape index (κ2) is 11.9. The van der Waals surface area contributed by atoms with E-state index in [-0.39, 0.29) is 47.9 Å². The Kier molecular flexibility index (Phi) is 10.7. The Morgan fingerprint density at radius 2 is 1.86 bits per heavy atom. The first-order chi connectivity index (χ1) is 13.2. The van der Waals surface area contributed by atoms with Crippen molar-refractivity contribution in [2.24, 2.45) is 4.99 Å². The fourth-order valence-corrected chi connectivity index (χ4v) is 4.48. The Labute approximate surface area is 187 Å². The van der Waals surface area contributed by atoms with E-state index >= 15 is 0 Å². The minimum absolute atomic E-state index is 0. The van der Waals surface area contributed by atoms with Gasteiger partial charge in [-0.05, 0) is 37.5 Å². The lowest BCUT2D eigenvalue weighted by molar-refractivity contribution is -0.132. The number of hydrogen-bond donors (Lipinski definition) is 2. The van der Waals surface area contributed by atoms with Gasteiger partial charge in [-0.15, -0.1) is 24.0 Å². The van der Waals surface area contributed by atoms with E-state index in [1.807, 2.05) is 6.92 Å². The van der Waals surface area contributed by atoms with Crippen LogP contribution in [0.25, 0.3) is 0 Å². The summed E-state index contributed by atoms with van der Waals surface area (Å²) in [4.78, 5) is 4.48. The van der Waals surface area contributed by atoms with Crippen LogP contribution in [0.4, 0.5) is 13.2 Å². The van der Waals surface area contributed by atoms with Gasteiger partial charge in [0, 0.05) is 26.2 Å². The number of nitrogens with zero attached hydrogens (tertiary/aromatic N) is 2. The second-order valence-corrected chi connectivity index (χ2v) is 8.54. The third kappa shape index (κ3) is 8.67. The van der Waals surface area contributed by atoms with Crippen LogP contribution >= 0.6 is 24.0 Å². The smallest absolute Gasteiger partial charge is 0.357 e. The molecule has 1 fully saturated rings. The Bertz CT molecular complexity index is 767. The van der Waals surface area contributed by atoms with Crippen LogP contribution < -0.4 is 10.6 Å². The lowest BCUT2D eigenvalue weighted by Crippen LogP contribution is -2.38. The summed E-state index contributed by atoms with van der Waals surface area (Å²) in [5.74, 6) is 0.260. The van der Waals surface area contributed by atoms with E-state index in [0.717, 1.165) is 19.3 Å². The first kappa shape index (κ1) is 26.0. The average Bonchev–Trinajstić information content (AvgIpc) is 2.66. The van der Waals surface area contributed by atoms with Crippen LogP contribution in [0, 0.1) is 0 Å². The predicted molar refractivity (Wildman–Crippen MR) is 118 cm³/mol. The molecule has 1 aliphatic heterocycles. The molecule has 1 saturated heterocycles. The van der Waals surface area contributed by atoms with Crippen molar-refractivity contribution < 1.29 is 21.6 Å². The quantitative estimate of drug-likeness (QED) is 0.311. The highest BCUT2D eigenvalue weighted by Crippen LogP contribution is 2.21. The van der Waals surface area contributed by atoms with Gasteiger partial charge in [-0.1, -0.05) is 18.6 Å². The van der Waals surface area contributed by atoms with Crippen molar-refractivity contribution in [1.29, 1.82) is 0 Å². The van der Waals surface area contributed by atoms with E-state index in [4.69, 9.17) is 0 Å². The molecule has 0 spiro atoms. The number of benzene rings is 1.